The number of imide groups is 1. The molecule has 1 fully saturated rings. The van der Waals surface area contributed by atoms with Crippen LogP contribution in [0.2, 0.25) is 0 Å². The number of hydrogen-bond acceptors (Lipinski definition) is 4. The van der Waals surface area contributed by atoms with E-state index in [-0.39, 0.29) is 17.3 Å². The van der Waals surface area contributed by atoms with Gasteiger partial charge in [-0.25, -0.2) is 4.39 Å². The minimum atomic E-state index is -0.508. The molecule has 180 valence electrons. The lowest BCUT2D eigenvalue weighted by atomic mass is 10.1. The Labute approximate surface area is 218 Å². The maximum Gasteiger partial charge on any atom is 0.294 e. The SMILES string of the molecule is O=C(CN1C(=O)S/C(=C\c2cn(Cc3ccc(F)cc3)c3ccccc23)C1=O)Nc1ccc(Br)cc1. The summed E-state index contributed by atoms with van der Waals surface area (Å²) < 4.78 is 16.2. The fourth-order valence-corrected chi connectivity index (χ4v) is 5.06. The van der Waals surface area contributed by atoms with Crippen molar-refractivity contribution in [3.63, 3.8) is 0 Å². The molecule has 1 aliphatic heterocycles. The quantitative estimate of drug-likeness (QED) is 0.281. The van der Waals surface area contributed by atoms with E-state index in [0.717, 1.165) is 43.2 Å². The van der Waals surface area contributed by atoms with Crippen LogP contribution in [0.3, 0.4) is 0 Å². The molecule has 0 spiro atoms. The van der Waals surface area contributed by atoms with E-state index in [9.17, 15) is 18.8 Å². The van der Waals surface area contributed by atoms with Crippen molar-refractivity contribution in [1.29, 1.82) is 0 Å². The molecule has 6 nitrogen and oxygen atoms in total. The molecule has 0 atom stereocenters. The second-order valence-corrected chi connectivity index (χ2v) is 10.1. The number of carbonyl (C=O) groups excluding carboxylic acids is 3. The van der Waals surface area contributed by atoms with Gasteiger partial charge >= 0.3 is 0 Å². The number of anilines is 1. The maximum atomic E-state index is 13.3. The van der Waals surface area contributed by atoms with Crippen LogP contribution in [0.1, 0.15) is 11.1 Å². The van der Waals surface area contributed by atoms with Crippen LogP contribution < -0.4 is 5.32 Å². The second kappa shape index (κ2) is 10.1. The summed E-state index contributed by atoms with van der Waals surface area (Å²) in [6.07, 6.45) is 3.59. The van der Waals surface area contributed by atoms with Gasteiger partial charge in [0.05, 0.1) is 4.91 Å². The van der Waals surface area contributed by atoms with Gasteiger partial charge in [0.1, 0.15) is 12.4 Å². The first-order chi connectivity index (χ1) is 17.4. The molecule has 1 N–H and O–H groups in total. The van der Waals surface area contributed by atoms with E-state index < -0.39 is 17.1 Å². The molecule has 1 saturated heterocycles. The predicted molar refractivity (Wildman–Crippen MR) is 143 cm³/mol. The van der Waals surface area contributed by atoms with Crippen molar-refractivity contribution in [3.05, 3.63) is 105 Å². The topological polar surface area (TPSA) is 71.4 Å². The minimum absolute atomic E-state index is 0.251. The number of fused-ring (bicyclic) bond motifs is 1. The van der Waals surface area contributed by atoms with E-state index in [2.05, 4.69) is 21.2 Å². The first kappa shape index (κ1) is 24.0. The Hall–Kier alpha value is -3.69. The van der Waals surface area contributed by atoms with Gasteiger partial charge in [0.25, 0.3) is 11.1 Å². The van der Waals surface area contributed by atoms with Crippen molar-refractivity contribution in [2.45, 2.75) is 6.54 Å². The van der Waals surface area contributed by atoms with Crippen LogP contribution in [0, 0.1) is 5.82 Å². The van der Waals surface area contributed by atoms with E-state index in [1.807, 2.05) is 35.0 Å². The Balaban J connectivity index is 1.36. The fourth-order valence-electron chi connectivity index (χ4n) is 3.96. The van der Waals surface area contributed by atoms with Gasteiger partial charge in [-0.1, -0.05) is 46.3 Å². The van der Waals surface area contributed by atoms with Gasteiger partial charge in [-0.05, 0) is 65.9 Å². The first-order valence-electron chi connectivity index (χ1n) is 11.0. The van der Waals surface area contributed by atoms with E-state index in [1.165, 1.54) is 12.1 Å². The summed E-state index contributed by atoms with van der Waals surface area (Å²) in [5.41, 5.74) is 3.22. The van der Waals surface area contributed by atoms with Gasteiger partial charge < -0.3 is 9.88 Å². The highest BCUT2D eigenvalue weighted by atomic mass is 79.9. The predicted octanol–water partition coefficient (Wildman–Crippen LogP) is 6.27. The van der Waals surface area contributed by atoms with Crippen LogP contribution in [-0.2, 0) is 16.1 Å². The zero-order valence-corrected chi connectivity index (χ0v) is 21.2. The number of hydrogen-bond donors (Lipinski definition) is 1. The molecule has 0 bridgehead atoms. The molecule has 1 aromatic heterocycles. The number of aromatic nitrogens is 1. The number of amides is 3. The molecule has 4 aromatic rings. The largest absolute Gasteiger partial charge is 0.342 e. The zero-order chi connectivity index (χ0) is 25.2. The van der Waals surface area contributed by atoms with Crippen molar-refractivity contribution >= 4 is 67.4 Å². The van der Waals surface area contributed by atoms with Crippen LogP contribution in [0.5, 0.6) is 0 Å². The Morgan fingerprint density at radius 3 is 2.47 bits per heavy atom. The number of nitrogens with zero attached hydrogens (tertiary/aromatic N) is 2. The number of benzene rings is 3. The molecular formula is C27H19BrFN3O3S. The Morgan fingerprint density at radius 1 is 1.00 bits per heavy atom. The summed E-state index contributed by atoms with van der Waals surface area (Å²) in [6.45, 7) is 0.150. The lowest BCUT2D eigenvalue weighted by molar-refractivity contribution is -0.127. The van der Waals surface area contributed by atoms with Gasteiger partial charge in [0, 0.05) is 39.4 Å². The van der Waals surface area contributed by atoms with Crippen LogP contribution in [0.25, 0.3) is 17.0 Å². The molecule has 36 heavy (non-hydrogen) atoms. The fraction of sp³-hybridized carbons (Fsp3) is 0.0741. The van der Waals surface area contributed by atoms with Gasteiger partial charge in [0.15, 0.2) is 0 Å². The third-order valence-electron chi connectivity index (χ3n) is 5.68. The van der Waals surface area contributed by atoms with Crippen molar-refractivity contribution in [3.8, 4) is 0 Å². The van der Waals surface area contributed by atoms with E-state index in [4.69, 9.17) is 0 Å². The van der Waals surface area contributed by atoms with Crippen molar-refractivity contribution in [2.24, 2.45) is 0 Å². The molecule has 5 rings (SSSR count). The summed E-state index contributed by atoms with van der Waals surface area (Å²) in [5.74, 6) is -1.26. The van der Waals surface area contributed by atoms with E-state index in [0.29, 0.717) is 12.2 Å². The number of para-hydroxylation sites is 1. The van der Waals surface area contributed by atoms with Crippen LogP contribution in [0.15, 0.2) is 88.4 Å². The standard InChI is InChI=1S/C27H19BrFN3O3S/c28-19-7-11-21(12-8-19)30-25(33)16-32-26(34)24(36-27(32)35)13-18-15-31(23-4-2-1-3-22(18)23)14-17-5-9-20(29)10-6-17/h1-13,15H,14,16H2,(H,30,33)/b24-13-. The molecular weight excluding hydrogens is 545 g/mol. The Kier molecular flexibility index (Phi) is 6.75. The average molecular weight is 564 g/mol. The highest BCUT2D eigenvalue weighted by Crippen LogP contribution is 2.34. The number of thioether (sulfide) groups is 1. The Morgan fingerprint density at radius 2 is 1.72 bits per heavy atom. The Bertz CT molecular complexity index is 1510. The number of halogens is 2. The maximum absolute atomic E-state index is 13.3. The minimum Gasteiger partial charge on any atom is -0.342 e. The third kappa shape index (κ3) is 5.12. The summed E-state index contributed by atoms with van der Waals surface area (Å²) >= 11 is 4.14. The molecule has 0 radical (unpaired) electrons. The summed E-state index contributed by atoms with van der Waals surface area (Å²) in [6, 6.07) is 21.0. The third-order valence-corrected chi connectivity index (χ3v) is 7.11. The second-order valence-electron chi connectivity index (χ2n) is 8.18. The number of carbonyl (C=O) groups is 3. The van der Waals surface area contributed by atoms with Crippen LogP contribution in [0.4, 0.5) is 14.9 Å². The average Bonchev–Trinajstić information content (AvgIpc) is 3.34. The highest BCUT2D eigenvalue weighted by Gasteiger charge is 2.36. The first-order valence-corrected chi connectivity index (χ1v) is 12.6. The van der Waals surface area contributed by atoms with Crippen molar-refractivity contribution in [2.75, 3.05) is 11.9 Å². The van der Waals surface area contributed by atoms with Crippen molar-refractivity contribution < 1.29 is 18.8 Å². The molecule has 0 aliphatic carbocycles. The van der Waals surface area contributed by atoms with Crippen molar-refractivity contribution in [1.82, 2.24) is 9.47 Å². The summed E-state index contributed by atoms with van der Waals surface area (Å²) in [7, 11) is 0. The smallest absolute Gasteiger partial charge is 0.294 e. The summed E-state index contributed by atoms with van der Waals surface area (Å²) in [5, 5.41) is 3.12. The molecule has 1 aliphatic rings. The monoisotopic (exact) mass is 563 g/mol. The molecule has 0 unspecified atom stereocenters. The zero-order valence-electron chi connectivity index (χ0n) is 18.8. The van der Waals surface area contributed by atoms with Gasteiger partial charge in [-0.3, -0.25) is 19.3 Å². The number of nitrogens with one attached hydrogen (secondary N) is 1. The molecule has 9 heteroatoms. The lowest BCUT2D eigenvalue weighted by Gasteiger charge is -2.12. The van der Waals surface area contributed by atoms with Crippen LogP contribution >= 0.6 is 27.7 Å². The molecule has 3 aromatic carbocycles. The van der Waals surface area contributed by atoms with E-state index in [1.54, 1.807) is 42.5 Å². The summed E-state index contributed by atoms with van der Waals surface area (Å²) in [4.78, 5) is 39.2. The lowest BCUT2D eigenvalue weighted by Crippen LogP contribution is -2.36. The van der Waals surface area contributed by atoms with Gasteiger partial charge in [-0.15, -0.1) is 0 Å². The van der Waals surface area contributed by atoms with Gasteiger partial charge in [0.2, 0.25) is 5.91 Å². The van der Waals surface area contributed by atoms with E-state index >= 15 is 0 Å². The normalized spacial score (nSPS) is 14.7. The molecule has 0 saturated carbocycles. The molecule has 3 amide bonds. The van der Waals surface area contributed by atoms with Gasteiger partial charge in [-0.2, -0.15) is 0 Å². The molecule has 2 heterocycles. The highest BCUT2D eigenvalue weighted by molar-refractivity contribution is 9.10. The van der Waals surface area contributed by atoms with Crippen LogP contribution in [-0.4, -0.2) is 33.1 Å². The number of rotatable bonds is 6.